The van der Waals surface area contributed by atoms with E-state index in [1.165, 1.54) is 20.4 Å². The highest BCUT2D eigenvalue weighted by atomic mass is 31.2. The van der Waals surface area contributed by atoms with Crippen molar-refractivity contribution in [2.75, 3.05) is 19.3 Å². The van der Waals surface area contributed by atoms with Crippen LogP contribution in [0.5, 0.6) is 0 Å². The molecule has 0 radical (unpaired) electrons. The van der Waals surface area contributed by atoms with Crippen LogP contribution >= 0.6 is 7.75 Å². The van der Waals surface area contributed by atoms with Gasteiger partial charge in [-0.1, -0.05) is 0 Å². The average Bonchev–Trinajstić information content (AvgIpc) is 2.19. The van der Waals surface area contributed by atoms with Gasteiger partial charge in [-0.05, 0) is 12.1 Å². The Kier molecular flexibility index (Phi) is 3.42. The summed E-state index contributed by atoms with van der Waals surface area (Å²) in [6, 6.07) is 3.44. The minimum Gasteiger partial charge on any atom is -0.296 e. The Morgan fingerprint density at radius 1 is 1.46 bits per heavy atom. The van der Waals surface area contributed by atoms with Gasteiger partial charge >= 0.3 is 7.75 Å². The zero-order valence-electron chi connectivity index (χ0n) is 7.43. The lowest BCUT2D eigenvalue weighted by molar-refractivity contribution is 0.281. The number of anilines is 1. The summed E-state index contributed by atoms with van der Waals surface area (Å²) in [6.45, 7) is 0. The van der Waals surface area contributed by atoms with Gasteiger partial charge in [-0.3, -0.25) is 19.1 Å². The van der Waals surface area contributed by atoms with Crippen molar-refractivity contribution in [1.29, 1.82) is 0 Å². The Morgan fingerprint density at radius 2 is 2.15 bits per heavy atom. The van der Waals surface area contributed by atoms with E-state index in [9.17, 15) is 4.57 Å². The molecule has 0 fully saturated rings. The molecule has 0 saturated carbocycles. The second-order valence-electron chi connectivity index (χ2n) is 2.22. The summed E-state index contributed by atoms with van der Waals surface area (Å²) < 4.78 is 20.9. The molecule has 5 nitrogen and oxygen atoms in total. The summed E-state index contributed by atoms with van der Waals surface area (Å²) in [5.41, 5.74) is 0.592. The number of nitrogens with zero attached hydrogens (tertiary/aromatic N) is 1. The van der Waals surface area contributed by atoms with E-state index in [4.69, 9.17) is 0 Å². The monoisotopic (exact) mass is 202 g/mol. The molecule has 0 unspecified atom stereocenters. The molecule has 1 N–H and O–H groups in total. The Balaban J connectivity index is 2.74. The van der Waals surface area contributed by atoms with Gasteiger partial charge in [0.2, 0.25) is 0 Å². The molecule has 0 aliphatic heterocycles. The van der Waals surface area contributed by atoms with Gasteiger partial charge in [-0.25, -0.2) is 4.57 Å². The third-order valence-electron chi connectivity index (χ3n) is 1.41. The summed E-state index contributed by atoms with van der Waals surface area (Å²) in [5.74, 6) is 0. The minimum atomic E-state index is -3.19. The van der Waals surface area contributed by atoms with Crippen molar-refractivity contribution in [2.24, 2.45) is 0 Å². The molecule has 0 atom stereocenters. The maximum Gasteiger partial charge on any atom is 0.432 e. The van der Waals surface area contributed by atoms with E-state index < -0.39 is 7.75 Å². The molecule has 0 aliphatic carbocycles. The maximum atomic E-state index is 11.5. The number of nitrogens with one attached hydrogen (secondary N) is 1. The van der Waals surface area contributed by atoms with Crippen LogP contribution in [0, 0.1) is 0 Å². The van der Waals surface area contributed by atoms with Crippen LogP contribution in [0.15, 0.2) is 24.5 Å². The second kappa shape index (κ2) is 4.37. The van der Waals surface area contributed by atoms with Crippen LogP contribution in [0.2, 0.25) is 0 Å². The smallest absolute Gasteiger partial charge is 0.296 e. The van der Waals surface area contributed by atoms with Crippen LogP contribution in [0.4, 0.5) is 5.69 Å². The lowest BCUT2D eigenvalue weighted by Crippen LogP contribution is -2.00. The van der Waals surface area contributed by atoms with Gasteiger partial charge in [-0.2, -0.15) is 0 Å². The number of hydrogen-bond acceptors (Lipinski definition) is 4. The summed E-state index contributed by atoms with van der Waals surface area (Å²) in [7, 11) is -0.567. The van der Waals surface area contributed by atoms with Crippen molar-refractivity contribution in [1.82, 2.24) is 4.98 Å². The third kappa shape index (κ3) is 2.81. The second-order valence-corrected chi connectivity index (χ2v) is 4.16. The van der Waals surface area contributed by atoms with Gasteiger partial charge in [0.15, 0.2) is 0 Å². The fourth-order valence-corrected chi connectivity index (χ4v) is 1.53. The van der Waals surface area contributed by atoms with Crippen molar-refractivity contribution >= 4 is 13.4 Å². The predicted molar refractivity (Wildman–Crippen MR) is 49.5 cm³/mol. The molecule has 13 heavy (non-hydrogen) atoms. The zero-order chi connectivity index (χ0) is 9.73. The van der Waals surface area contributed by atoms with E-state index in [1.54, 1.807) is 18.3 Å². The van der Waals surface area contributed by atoms with Gasteiger partial charge in [0.25, 0.3) is 0 Å². The normalized spacial score (nSPS) is 11.2. The van der Waals surface area contributed by atoms with Gasteiger partial charge < -0.3 is 0 Å². The predicted octanol–water partition coefficient (Wildman–Crippen LogP) is 1.89. The number of hydrogen-bond donors (Lipinski definition) is 1. The van der Waals surface area contributed by atoms with Crippen molar-refractivity contribution in [3.63, 3.8) is 0 Å². The molecule has 0 bridgehead atoms. The van der Waals surface area contributed by atoms with E-state index in [-0.39, 0.29) is 0 Å². The van der Waals surface area contributed by atoms with Crippen LogP contribution in [-0.2, 0) is 13.6 Å². The third-order valence-corrected chi connectivity index (χ3v) is 2.90. The van der Waals surface area contributed by atoms with Gasteiger partial charge in [-0.15, -0.1) is 0 Å². The first-order valence-electron chi connectivity index (χ1n) is 3.60. The maximum absolute atomic E-state index is 11.5. The molecule has 72 valence electrons. The zero-order valence-corrected chi connectivity index (χ0v) is 8.32. The molecule has 0 amide bonds. The summed E-state index contributed by atoms with van der Waals surface area (Å²) in [4.78, 5) is 3.84. The highest BCUT2D eigenvalue weighted by Crippen LogP contribution is 2.45. The molecule has 0 saturated heterocycles. The molecular weight excluding hydrogens is 191 g/mol. The van der Waals surface area contributed by atoms with Crippen LogP contribution in [-0.4, -0.2) is 19.2 Å². The molecule has 1 rings (SSSR count). The fourth-order valence-electron chi connectivity index (χ4n) is 0.753. The first-order valence-corrected chi connectivity index (χ1v) is 5.14. The Labute approximate surface area is 76.7 Å². The number of aromatic nitrogens is 1. The summed E-state index contributed by atoms with van der Waals surface area (Å²) in [6.07, 6.45) is 3.15. The SMILES string of the molecule is COP(=O)(Nc1cccnc1)OC. The number of pyridine rings is 1. The molecule has 0 aromatic carbocycles. The van der Waals surface area contributed by atoms with Crippen LogP contribution < -0.4 is 5.09 Å². The quantitative estimate of drug-likeness (QED) is 0.755. The standard InChI is InChI=1S/C7H11N2O3P/c1-11-13(10,12-2)9-7-4-3-5-8-6-7/h3-6H,1-2H3,(H,9,10). The molecule has 1 heterocycles. The van der Waals surface area contributed by atoms with Gasteiger partial charge in [0.05, 0.1) is 11.9 Å². The van der Waals surface area contributed by atoms with E-state index >= 15 is 0 Å². The van der Waals surface area contributed by atoms with Crippen molar-refractivity contribution in [2.45, 2.75) is 0 Å². The minimum absolute atomic E-state index is 0.592. The first-order chi connectivity index (χ1) is 6.20. The summed E-state index contributed by atoms with van der Waals surface area (Å²) >= 11 is 0. The molecule has 1 aromatic heterocycles. The van der Waals surface area contributed by atoms with Crippen molar-refractivity contribution < 1.29 is 13.6 Å². The molecule has 0 aliphatic rings. The summed E-state index contributed by atoms with van der Waals surface area (Å²) in [5, 5.41) is 2.60. The van der Waals surface area contributed by atoms with Gasteiger partial charge in [0, 0.05) is 20.4 Å². The highest BCUT2D eigenvalue weighted by Gasteiger charge is 2.20. The molecule has 1 aromatic rings. The molecule has 0 spiro atoms. The molecule has 6 heteroatoms. The van der Waals surface area contributed by atoms with Crippen molar-refractivity contribution in [3.05, 3.63) is 24.5 Å². The van der Waals surface area contributed by atoms with Crippen molar-refractivity contribution in [3.8, 4) is 0 Å². The van der Waals surface area contributed by atoms with Crippen LogP contribution in [0.25, 0.3) is 0 Å². The lowest BCUT2D eigenvalue weighted by atomic mass is 10.4. The topological polar surface area (TPSA) is 60.5 Å². The lowest BCUT2D eigenvalue weighted by Gasteiger charge is -2.14. The van der Waals surface area contributed by atoms with E-state index in [0.29, 0.717) is 5.69 Å². The Bertz CT molecular complexity index is 296. The van der Waals surface area contributed by atoms with Crippen LogP contribution in [0.1, 0.15) is 0 Å². The first kappa shape index (κ1) is 10.2. The van der Waals surface area contributed by atoms with E-state index in [2.05, 4.69) is 19.1 Å². The Morgan fingerprint density at radius 3 is 2.62 bits per heavy atom. The fraction of sp³-hybridized carbons (Fsp3) is 0.286. The van der Waals surface area contributed by atoms with E-state index in [1.807, 2.05) is 0 Å². The largest absolute Gasteiger partial charge is 0.432 e. The highest BCUT2D eigenvalue weighted by molar-refractivity contribution is 7.55. The number of rotatable bonds is 4. The van der Waals surface area contributed by atoms with E-state index in [0.717, 1.165) is 0 Å². The average molecular weight is 202 g/mol. The molecular formula is C7H11N2O3P. The van der Waals surface area contributed by atoms with Crippen LogP contribution in [0.3, 0.4) is 0 Å². The Hall–Kier alpha value is -0.900. The van der Waals surface area contributed by atoms with Gasteiger partial charge in [0.1, 0.15) is 0 Å².